The minimum absolute atomic E-state index is 0.0393. The van der Waals surface area contributed by atoms with Gasteiger partial charge in [-0.3, -0.25) is 0 Å². The number of halogens is 1. The van der Waals surface area contributed by atoms with Crippen LogP contribution in [0.1, 0.15) is 67.4 Å². The normalized spacial score (nSPS) is 15.8. The molecule has 0 radical (unpaired) electrons. The van der Waals surface area contributed by atoms with Crippen molar-refractivity contribution in [3.8, 4) is 11.1 Å². The zero-order valence-corrected chi connectivity index (χ0v) is 28.4. The van der Waals surface area contributed by atoms with E-state index in [0.717, 1.165) is 5.02 Å². The molecule has 41 heavy (non-hydrogen) atoms. The van der Waals surface area contributed by atoms with E-state index in [9.17, 15) is 0 Å². The molecular formula is C39H41ClZr. The van der Waals surface area contributed by atoms with Gasteiger partial charge in [-0.15, -0.1) is 0 Å². The van der Waals surface area contributed by atoms with E-state index < -0.39 is 18.3 Å². The Kier molecular flexibility index (Phi) is 6.76. The number of allylic oxidation sites excluding steroid dienone is 4. The number of fused-ring (bicyclic) bond motifs is 3. The molecule has 2 aliphatic rings. The minimum atomic E-state index is -4.74. The molecule has 0 N–H and O–H groups in total. The second-order valence-electron chi connectivity index (χ2n) is 14.3. The van der Waals surface area contributed by atoms with Crippen molar-refractivity contribution >= 4 is 22.4 Å². The van der Waals surface area contributed by atoms with Gasteiger partial charge in [0.05, 0.1) is 0 Å². The Hall–Kier alpha value is -2.60. The molecule has 0 amide bonds. The molecular weight excluding hydrogens is 595 g/mol. The Morgan fingerprint density at radius 2 is 1.07 bits per heavy atom. The molecule has 4 aromatic carbocycles. The first-order chi connectivity index (χ1) is 19.3. The maximum atomic E-state index is 6.55. The summed E-state index contributed by atoms with van der Waals surface area (Å²) in [5, 5.41) is 0.764. The molecule has 0 aliphatic heterocycles. The zero-order valence-electron chi connectivity index (χ0n) is 25.2. The van der Waals surface area contributed by atoms with Crippen LogP contribution in [0.3, 0.4) is 0 Å². The van der Waals surface area contributed by atoms with Crippen LogP contribution in [0.15, 0.2) is 115 Å². The topological polar surface area (TPSA) is 0 Å². The summed E-state index contributed by atoms with van der Waals surface area (Å²) in [5.74, 6) is 0. The van der Waals surface area contributed by atoms with E-state index in [0.29, 0.717) is 0 Å². The van der Waals surface area contributed by atoms with Gasteiger partial charge in [0.2, 0.25) is 0 Å². The molecule has 0 bridgehead atoms. The van der Waals surface area contributed by atoms with Crippen molar-refractivity contribution in [2.24, 2.45) is 0 Å². The van der Waals surface area contributed by atoms with Gasteiger partial charge < -0.3 is 0 Å². The maximum absolute atomic E-state index is 6.55. The van der Waals surface area contributed by atoms with E-state index >= 15 is 0 Å². The summed E-state index contributed by atoms with van der Waals surface area (Å²) in [7, 11) is 0. The van der Waals surface area contributed by atoms with E-state index in [1.807, 2.05) is 0 Å². The number of hydrogen-bond donors (Lipinski definition) is 0. The Morgan fingerprint density at radius 3 is 1.54 bits per heavy atom. The predicted octanol–water partition coefficient (Wildman–Crippen LogP) is 9.69. The van der Waals surface area contributed by atoms with Crippen molar-refractivity contribution < 1.29 is 18.3 Å². The quantitative estimate of drug-likeness (QED) is 0.209. The standard InChI is InChI=1S/C21H25.C6H4Cl.C6H5.C5H5.CH2.Zr/c1-20(2,3)16-7-9-18-14(12-16)11-15-13-17(21(4,5)6)8-10-19(15)18;7-6-4-2-1-3-5-6;1-2-4-6-5-3-1;1-2-4-5-3-1;;/h7-13H,1-6H3;2-5H;1-5H;1-5H;1H2;. The molecule has 0 saturated heterocycles. The van der Waals surface area contributed by atoms with Crippen LogP contribution in [0.2, 0.25) is 8.65 Å². The fraction of sp³-hybridized carbons (Fsp3) is 0.256. The molecule has 0 aromatic heterocycles. The number of rotatable bonds is 4. The van der Waals surface area contributed by atoms with E-state index in [2.05, 4.69) is 157 Å². The molecule has 2 heteroatoms. The van der Waals surface area contributed by atoms with Crippen LogP contribution in [0.25, 0.3) is 11.1 Å². The molecule has 2 aliphatic carbocycles. The van der Waals surface area contributed by atoms with Crippen LogP contribution in [0.4, 0.5) is 0 Å². The summed E-state index contributed by atoms with van der Waals surface area (Å²) in [6.45, 7) is 13.9. The van der Waals surface area contributed by atoms with Gasteiger partial charge >= 0.3 is 254 Å². The average molecular weight is 636 g/mol. The van der Waals surface area contributed by atoms with Gasteiger partial charge in [-0.2, -0.15) is 0 Å². The van der Waals surface area contributed by atoms with Crippen molar-refractivity contribution in [3.63, 3.8) is 0 Å². The van der Waals surface area contributed by atoms with Gasteiger partial charge in [-0.1, -0.05) is 0 Å². The van der Waals surface area contributed by atoms with Gasteiger partial charge in [0.25, 0.3) is 0 Å². The van der Waals surface area contributed by atoms with E-state index in [1.54, 1.807) is 0 Å². The fourth-order valence-corrected chi connectivity index (χ4v) is 25.1. The van der Waals surface area contributed by atoms with Gasteiger partial charge in [0.15, 0.2) is 0 Å². The number of hydrogen-bond acceptors (Lipinski definition) is 0. The van der Waals surface area contributed by atoms with Crippen molar-refractivity contribution in [1.82, 2.24) is 0 Å². The number of benzene rings is 4. The first-order valence-electron chi connectivity index (χ1n) is 14.8. The first-order valence-corrected chi connectivity index (χ1v) is 22.2. The van der Waals surface area contributed by atoms with Crippen molar-refractivity contribution in [1.29, 1.82) is 0 Å². The molecule has 6 rings (SSSR count). The molecule has 4 aromatic rings. The van der Waals surface area contributed by atoms with E-state index in [4.69, 9.17) is 15.8 Å². The van der Waals surface area contributed by atoms with Crippen LogP contribution in [0, 0.1) is 0 Å². The van der Waals surface area contributed by atoms with Gasteiger partial charge in [0, 0.05) is 0 Å². The van der Waals surface area contributed by atoms with E-state index in [1.165, 1.54) is 39.9 Å². The van der Waals surface area contributed by atoms with Crippen LogP contribution < -0.4 is 6.54 Å². The van der Waals surface area contributed by atoms with Crippen LogP contribution in [-0.2, 0) is 29.1 Å². The van der Waals surface area contributed by atoms with Crippen LogP contribution in [0.5, 0.6) is 0 Å². The van der Waals surface area contributed by atoms with Crippen molar-refractivity contribution in [2.45, 2.75) is 59.6 Å². The van der Waals surface area contributed by atoms with Crippen LogP contribution >= 0.6 is 11.6 Å². The third-order valence-electron chi connectivity index (χ3n) is 9.90. The second-order valence-corrected chi connectivity index (χ2v) is 28.7. The third kappa shape index (κ3) is 4.30. The molecule has 208 valence electrons. The summed E-state index contributed by atoms with van der Waals surface area (Å²) in [4.78, 5) is 0. The summed E-state index contributed by atoms with van der Waals surface area (Å²) in [6.07, 6.45) is 9.32. The molecule has 0 fully saturated rings. The second kappa shape index (κ2) is 9.72. The molecule has 0 spiro atoms. The Balaban J connectivity index is 1.83. The molecule has 0 nitrogen and oxygen atoms in total. The molecule has 0 atom stereocenters. The molecule has 0 heterocycles. The molecule has 0 unspecified atom stereocenters. The van der Waals surface area contributed by atoms with Crippen molar-refractivity contribution in [3.05, 3.63) is 143 Å². The Bertz CT molecular complexity index is 1680. The summed E-state index contributed by atoms with van der Waals surface area (Å²) >= 11 is 1.81. The SMILES string of the molecule is [CH2]=[Zr]([c]1ccccc1)([c]1ccc(Cl)cc1)([CH]1C=CC=C1)[CH]1c2cc(C(C)(C)C)ccc2-c2ccc(C(C)(C)C)cc21. The average Bonchev–Trinajstić information content (AvgIpc) is 3.60. The predicted molar refractivity (Wildman–Crippen MR) is 177 cm³/mol. The molecule has 0 saturated carbocycles. The summed E-state index contributed by atoms with van der Waals surface area (Å²) < 4.78 is 8.84. The third-order valence-corrected chi connectivity index (χ3v) is 28.0. The van der Waals surface area contributed by atoms with Gasteiger partial charge in [0.1, 0.15) is 0 Å². The van der Waals surface area contributed by atoms with E-state index in [-0.39, 0.29) is 18.1 Å². The monoisotopic (exact) mass is 634 g/mol. The fourth-order valence-electron chi connectivity index (χ4n) is 7.53. The summed E-state index contributed by atoms with van der Waals surface area (Å²) in [6, 6.07) is 34.5. The summed E-state index contributed by atoms with van der Waals surface area (Å²) in [5.41, 5.74) is 8.41. The van der Waals surface area contributed by atoms with Crippen molar-refractivity contribution in [2.75, 3.05) is 0 Å². The Labute approximate surface area is 252 Å². The van der Waals surface area contributed by atoms with Crippen LogP contribution in [-0.4, -0.2) is 4.21 Å². The van der Waals surface area contributed by atoms with Gasteiger partial charge in [-0.05, 0) is 0 Å². The zero-order chi connectivity index (χ0) is 29.2. The first kappa shape index (κ1) is 28.5. The van der Waals surface area contributed by atoms with Gasteiger partial charge in [-0.25, -0.2) is 0 Å². The Morgan fingerprint density at radius 1 is 0.610 bits per heavy atom.